The molecular weight excluding hydrogens is 234 g/mol. The van der Waals surface area contributed by atoms with Crippen LogP contribution in [0.4, 0.5) is 5.00 Å². The van der Waals surface area contributed by atoms with Gasteiger partial charge in [-0.1, -0.05) is 13.8 Å². The lowest BCUT2D eigenvalue weighted by atomic mass is 9.81. The molecule has 1 aromatic rings. The number of nitrogen functional groups attached to an aromatic ring is 1. The number of hydrogen-bond acceptors (Lipinski definition) is 4. The number of rotatable bonds is 2. The van der Waals surface area contributed by atoms with Crippen molar-refractivity contribution < 1.29 is 9.53 Å². The lowest BCUT2D eigenvalue weighted by molar-refractivity contribution is 0.0600. The molecule has 1 aliphatic carbocycles. The van der Waals surface area contributed by atoms with Gasteiger partial charge in [-0.15, -0.1) is 11.3 Å². The average molecular weight is 253 g/mol. The summed E-state index contributed by atoms with van der Waals surface area (Å²) in [5, 5.41) is 0.617. The zero-order valence-electron chi connectivity index (χ0n) is 10.6. The summed E-state index contributed by atoms with van der Waals surface area (Å²) in [6, 6.07) is 0. The molecule has 0 spiro atoms. The Morgan fingerprint density at radius 1 is 1.53 bits per heavy atom. The minimum absolute atomic E-state index is 0.289. The number of carbonyl (C=O) groups is 1. The van der Waals surface area contributed by atoms with Gasteiger partial charge in [0.05, 0.1) is 12.7 Å². The highest BCUT2D eigenvalue weighted by atomic mass is 32.1. The molecule has 1 unspecified atom stereocenters. The summed E-state index contributed by atoms with van der Waals surface area (Å²) in [5.41, 5.74) is 7.69. The number of carbonyl (C=O) groups excluding carboxylic acids is 1. The van der Waals surface area contributed by atoms with Gasteiger partial charge in [-0.3, -0.25) is 0 Å². The molecule has 2 N–H and O–H groups in total. The predicted octanol–water partition coefficient (Wildman–Crippen LogP) is 2.88. The number of ether oxygens (including phenoxy) is 1. The van der Waals surface area contributed by atoms with E-state index in [-0.39, 0.29) is 5.97 Å². The van der Waals surface area contributed by atoms with Gasteiger partial charge in [0.25, 0.3) is 0 Å². The molecule has 94 valence electrons. The zero-order valence-corrected chi connectivity index (χ0v) is 11.4. The molecule has 0 saturated carbocycles. The van der Waals surface area contributed by atoms with Gasteiger partial charge < -0.3 is 10.5 Å². The first-order valence-corrected chi connectivity index (χ1v) is 6.84. The van der Waals surface area contributed by atoms with Crippen LogP contribution in [0.1, 0.15) is 41.1 Å². The van der Waals surface area contributed by atoms with Crippen molar-refractivity contribution in [3.05, 3.63) is 16.0 Å². The van der Waals surface area contributed by atoms with Gasteiger partial charge in [-0.2, -0.15) is 0 Å². The summed E-state index contributed by atoms with van der Waals surface area (Å²) in [4.78, 5) is 13.0. The minimum Gasteiger partial charge on any atom is -0.465 e. The number of fused-ring (bicyclic) bond motifs is 1. The van der Waals surface area contributed by atoms with E-state index in [9.17, 15) is 4.79 Å². The van der Waals surface area contributed by atoms with Gasteiger partial charge in [-0.25, -0.2) is 4.79 Å². The quantitative estimate of drug-likeness (QED) is 0.825. The van der Waals surface area contributed by atoms with E-state index in [0.717, 1.165) is 24.8 Å². The van der Waals surface area contributed by atoms with Crippen molar-refractivity contribution >= 4 is 22.3 Å². The SMILES string of the molecule is COC(=O)c1c(N)sc2c1CCC(C(C)C)C2. The first kappa shape index (κ1) is 12.4. The second-order valence-electron chi connectivity index (χ2n) is 4.98. The number of hydrogen-bond donors (Lipinski definition) is 1. The molecule has 0 radical (unpaired) electrons. The van der Waals surface area contributed by atoms with E-state index in [0.29, 0.717) is 22.4 Å². The third kappa shape index (κ3) is 2.18. The molecule has 0 saturated heterocycles. The molecule has 1 atom stereocenters. The fraction of sp³-hybridized carbons (Fsp3) is 0.615. The van der Waals surface area contributed by atoms with E-state index in [4.69, 9.17) is 10.5 Å². The Labute approximate surface area is 106 Å². The van der Waals surface area contributed by atoms with Crippen molar-refractivity contribution in [1.82, 2.24) is 0 Å². The van der Waals surface area contributed by atoms with E-state index in [1.54, 1.807) is 11.3 Å². The Balaban J connectivity index is 2.34. The Morgan fingerprint density at radius 3 is 2.82 bits per heavy atom. The second kappa shape index (κ2) is 4.69. The van der Waals surface area contributed by atoms with Gasteiger partial charge in [0.1, 0.15) is 5.00 Å². The maximum Gasteiger partial charge on any atom is 0.341 e. The molecule has 1 aliphatic rings. The molecule has 1 aromatic heterocycles. The predicted molar refractivity (Wildman–Crippen MR) is 70.4 cm³/mol. The van der Waals surface area contributed by atoms with Crippen LogP contribution in [0.3, 0.4) is 0 Å². The molecule has 1 heterocycles. The Hall–Kier alpha value is -1.03. The summed E-state index contributed by atoms with van der Waals surface area (Å²) in [5.74, 6) is 1.11. The number of esters is 1. The van der Waals surface area contributed by atoms with Crippen LogP contribution in [0.25, 0.3) is 0 Å². The van der Waals surface area contributed by atoms with E-state index >= 15 is 0 Å². The summed E-state index contributed by atoms with van der Waals surface area (Å²) in [7, 11) is 1.41. The molecule has 0 fully saturated rings. The van der Waals surface area contributed by atoms with Crippen LogP contribution in [0, 0.1) is 11.8 Å². The van der Waals surface area contributed by atoms with Gasteiger partial charge in [0.2, 0.25) is 0 Å². The molecule has 0 bridgehead atoms. The van der Waals surface area contributed by atoms with Crippen molar-refractivity contribution in [2.45, 2.75) is 33.1 Å². The largest absolute Gasteiger partial charge is 0.465 e. The van der Waals surface area contributed by atoms with Gasteiger partial charge in [0.15, 0.2) is 0 Å². The van der Waals surface area contributed by atoms with Crippen molar-refractivity contribution in [2.75, 3.05) is 12.8 Å². The first-order valence-electron chi connectivity index (χ1n) is 6.03. The molecule has 4 heteroatoms. The number of nitrogens with two attached hydrogens (primary N) is 1. The highest BCUT2D eigenvalue weighted by molar-refractivity contribution is 7.16. The van der Waals surface area contributed by atoms with Crippen LogP contribution in [0.2, 0.25) is 0 Å². The van der Waals surface area contributed by atoms with E-state index in [1.165, 1.54) is 12.0 Å². The minimum atomic E-state index is -0.289. The van der Waals surface area contributed by atoms with Crippen LogP contribution in [-0.4, -0.2) is 13.1 Å². The van der Waals surface area contributed by atoms with Crippen molar-refractivity contribution in [3.8, 4) is 0 Å². The Morgan fingerprint density at radius 2 is 2.24 bits per heavy atom. The van der Waals surface area contributed by atoms with Crippen LogP contribution in [0.5, 0.6) is 0 Å². The van der Waals surface area contributed by atoms with Crippen LogP contribution < -0.4 is 5.73 Å². The average Bonchev–Trinajstić information content (AvgIpc) is 2.62. The molecule has 0 aromatic carbocycles. The van der Waals surface area contributed by atoms with Gasteiger partial charge in [-0.05, 0) is 36.7 Å². The fourth-order valence-electron chi connectivity index (χ4n) is 2.53. The molecule has 2 rings (SSSR count). The van der Waals surface area contributed by atoms with E-state index in [1.807, 2.05) is 0 Å². The van der Waals surface area contributed by atoms with Crippen molar-refractivity contribution in [2.24, 2.45) is 11.8 Å². The standard InChI is InChI=1S/C13H19NO2S/c1-7(2)8-4-5-9-10(6-8)17-12(14)11(9)13(15)16-3/h7-8H,4-6,14H2,1-3H3. The monoisotopic (exact) mass is 253 g/mol. The van der Waals surface area contributed by atoms with E-state index in [2.05, 4.69) is 13.8 Å². The number of anilines is 1. The maximum absolute atomic E-state index is 11.7. The lowest BCUT2D eigenvalue weighted by Crippen LogP contribution is -2.19. The number of methoxy groups -OCH3 is 1. The summed E-state index contributed by atoms with van der Waals surface area (Å²) in [6.07, 6.45) is 3.15. The molecule has 0 amide bonds. The third-order valence-corrected chi connectivity index (χ3v) is 4.75. The highest BCUT2D eigenvalue weighted by Crippen LogP contribution is 2.40. The molecular formula is C13H19NO2S. The summed E-state index contributed by atoms with van der Waals surface area (Å²) >= 11 is 1.56. The van der Waals surface area contributed by atoms with Crippen molar-refractivity contribution in [1.29, 1.82) is 0 Å². The summed E-state index contributed by atoms with van der Waals surface area (Å²) in [6.45, 7) is 4.52. The third-order valence-electron chi connectivity index (χ3n) is 3.66. The Kier molecular flexibility index (Phi) is 3.43. The van der Waals surface area contributed by atoms with E-state index < -0.39 is 0 Å². The van der Waals surface area contributed by atoms with Gasteiger partial charge in [0, 0.05) is 4.88 Å². The van der Waals surface area contributed by atoms with Crippen LogP contribution in [0.15, 0.2) is 0 Å². The normalized spacial score (nSPS) is 19.2. The van der Waals surface area contributed by atoms with Crippen molar-refractivity contribution in [3.63, 3.8) is 0 Å². The lowest BCUT2D eigenvalue weighted by Gasteiger charge is -2.25. The highest BCUT2D eigenvalue weighted by Gasteiger charge is 2.29. The fourth-order valence-corrected chi connectivity index (χ4v) is 3.73. The number of thiophene rings is 1. The van der Waals surface area contributed by atoms with Gasteiger partial charge >= 0.3 is 5.97 Å². The first-order chi connectivity index (χ1) is 8.04. The molecule has 0 aliphatic heterocycles. The van der Waals surface area contributed by atoms with Crippen LogP contribution >= 0.6 is 11.3 Å². The summed E-state index contributed by atoms with van der Waals surface area (Å²) < 4.78 is 4.80. The smallest absolute Gasteiger partial charge is 0.341 e. The molecule has 17 heavy (non-hydrogen) atoms. The van der Waals surface area contributed by atoms with Crippen LogP contribution in [-0.2, 0) is 17.6 Å². The zero-order chi connectivity index (χ0) is 12.6. The molecule has 3 nitrogen and oxygen atoms in total. The topological polar surface area (TPSA) is 52.3 Å². The maximum atomic E-state index is 11.7. The Bertz CT molecular complexity index is 437. The second-order valence-corrected chi connectivity index (χ2v) is 6.12.